The van der Waals surface area contributed by atoms with E-state index in [0.29, 0.717) is 0 Å². The Balaban J connectivity index is 2.35. The summed E-state index contributed by atoms with van der Waals surface area (Å²) in [4.78, 5) is 11.7. The van der Waals surface area contributed by atoms with Crippen LogP contribution in [0.15, 0.2) is 24.3 Å². The molecule has 1 atom stereocenters. The first-order valence-electron chi connectivity index (χ1n) is 7.00. The number of thioether (sulfide) groups is 1. The van der Waals surface area contributed by atoms with Gasteiger partial charge in [-0.15, -0.1) is 0 Å². The van der Waals surface area contributed by atoms with Gasteiger partial charge in [0.05, 0.1) is 7.11 Å². The van der Waals surface area contributed by atoms with Crippen LogP contribution in [0.5, 0.6) is 0 Å². The van der Waals surface area contributed by atoms with E-state index in [1.54, 1.807) is 0 Å². The summed E-state index contributed by atoms with van der Waals surface area (Å²) >= 11 is 1.85. The van der Waals surface area contributed by atoms with Gasteiger partial charge in [-0.05, 0) is 24.7 Å². The third kappa shape index (κ3) is 6.44. The second-order valence-corrected chi connectivity index (χ2v) is 6.33. The average Bonchev–Trinajstić information content (AvgIpc) is 2.41. The Hall–Kier alpha value is -1.00. The summed E-state index contributed by atoms with van der Waals surface area (Å²) in [5.74, 6) is 1.75. The Kier molecular flexibility index (Phi) is 7.70. The second kappa shape index (κ2) is 9.03. The van der Waals surface area contributed by atoms with Gasteiger partial charge >= 0.3 is 5.97 Å². The first-order valence-corrected chi connectivity index (χ1v) is 8.15. The third-order valence-electron chi connectivity index (χ3n) is 2.92. The number of benzene rings is 1. The number of aryl methyl sites for hydroxylation is 1. The maximum absolute atomic E-state index is 11.7. The molecule has 0 saturated carbocycles. The summed E-state index contributed by atoms with van der Waals surface area (Å²) in [6.45, 7) is 6.18. The Morgan fingerprint density at radius 2 is 2.15 bits per heavy atom. The molecule has 0 aromatic heterocycles. The van der Waals surface area contributed by atoms with E-state index in [4.69, 9.17) is 4.74 Å². The van der Waals surface area contributed by atoms with Crippen LogP contribution >= 0.6 is 11.8 Å². The van der Waals surface area contributed by atoms with Crippen molar-refractivity contribution in [2.24, 2.45) is 0 Å². The van der Waals surface area contributed by atoms with Crippen LogP contribution in [0.1, 0.15) is 31.4 Å². The summed E-state index contributed by atoms with van der Waals surface area (Å²) in [6.07, 6.45) is 0.793. The van der Waals surface area contributed by atoms with Gasteiger partial charge in [0.15, 0.2) is 0 Å². The number of esters is 1. The quantitative estimate of drug-likeness (QED) is 0.590. The fraction of sp³-hybridized carbons (Fsp3) is 0.562. The van der Waals surface area contributed by atoms with Crippen molar-refractivity contribution in [3.05, 3.63) is 35.4 Å². The highest BCUT2D eigenvalue weighted by Crippen LogP contribution is 2.15. The molecule has 1 aromatic rings. The molecule has 112 valence electrons. The van der Waals surface area contributed by atoms with Crippen LogP contribution in [0.2, 0.25) is 0 Å². The average molecular weight is 295 g/mol. The Morgan fingerprint density at radius 1 is 1.40 bits per heavy atom. The number of nitrogens with one attached hydrogen (secondary N) is 1. The maximum Gasteiger partial charge on any atom is 0.322 e. The van der Waals surface area contributed by atoms with Crippen molar-refractivity contribution >= 4 is 17.7 Å². The van der Waals surface area contributed by atoms with Crippen molar-refractivity contribution in [1.29, 1.82) is 0 Å². The van der Waals surface area contributed by atoms with Crippen LogP contribution in [0, 0.1) is 6.92 Å². The van der Waals surface area contributed by atoms with Crippen molar-refractivity contribution in [1.82, 2.24) is 5.32 Å². The second-order valence-electron chi connectivity index (χ2n) is 5.23. The predicted octanol–water partition coefficient (Wildman–Crippen LogP) is 3.16. The number of carbonyl (C=O) groups is 1. The molecule has 0 aliphatic rings. The van der Waals surface area contributed by atoms with Crippen LogP contribution in [0.3, 0.4) is 0 Å². The number of carbonyl (C=O) groups excluding carboxylic acids is 1. The zero-order chi connectivity index (χ0) is 15.0. The van der Waals surface area contributed by atoms with E-state index in [2.05, 4.69) is 36.5 Å². The minimum atomic E-state index is -0.204. The third-order valence-corrected chi connectivity index (χ3v) is 3.98. The van der Waals surface area contributed by atoms with Crippen molar-refractivity contribution in [3.8, 4) is 0 Å². The summed E-state index contributed by atoms with van der Waals surface area (Å²) in [5, 5.41) is 3.25. The standard InChI is InChI=1S/C16H25NO2S/c1-12(2)17-15(16(18)19-4)8-9-20-11-14-7-5-6-13(3)10-14/h5-7,10,12,15,17H,8-9,11H2,1-4H3. The smallest absolute Gasteiger partial charge is 0.322 e. The molecule has 0 saturated heterocycles. The van der Waals surface area contributed by atoms with Crippen molar-refractivity contribution in [2.75, 3.05) is 12.9 Å². The first-order chi connectivity index (χ1) is 9.52. The van der Waals surface area contributed by atoms with E-state index in [1.807, 2.05) is 25.6 Å². The molecular formula is C16H25NO2S. The van der Waals surface area contributed by atoms with Crippen LogP contribution in [0.25, 0.3) is 0 Å². The first kappa shape index (κ1) is 17.1. The molecule has 4 heteroatoms. The van der Waals surface area contributed by atoms with E-state index < -0.39 is 0 Å². The predicted molar refractivity (Wildman–Crippen MR) is 86.0 cm³/mol. The van der Waals surface area contributed by atoms with Gasteiger partial charge in [0, 0.05) is 11.8 Å². The molecule has 20 heavy (non-hydrogen) atoms. The zero-order valence-electron chi connectivity index (χ0n) is 12.8. The molecule has 0 spiro atoms. The molecule has 0 fully saturated rings. The van der Waals surface area contributed by atoms with Gasteiger partial charge in [0.1, 0.15) is 6.04 Å². The lowest BCUT2D eigenvalue weighted by atomic mass is 10.2. The number of hydrogen-bond acceptors (Lipinski definition) is 4. The van der Waals surface area contributed by atoms with E-state index in [9.17, 15) is 4.79 Å². The highest BCUT2D eigenvalue weighted by atomic mass is 32.2. The van der Waals surface area contributed by atoms with E-state index in [-0.39, 0.29) is 18.1 Å². The molecule has 0 heterocycles. The summed E-state index contributed by atoms with van der Waals surface area (Å²) < 4.78 is 4.83. The largest absolute Gasteiger partial charge is 0.468 e. The van der Waals surface area contributed by atoms with Gasteiger partial charge in [0.25, 0.3) is 0 Å². The van der Waals surface area contributed by atoms with Gasteiger partial charge in [0.2, 0.25) is 0 Å². The maximum atomic E-state index is 11.7. The highest BCUT2D eigenvalue weighted by molar-refractivity contribution is 7.98. The van der Waals surface area contributed by atoms with Crippen LogP contribution in [0.4, 0.5) is 0 Å². The van der Waals surface area contributed by atoms with Crippen molar-refractivity contribution in [3.63, 3.8) is 0 Å². The van der Waals surface area contributed by atoms with Crippen LogP contribution in [-0.4, -0.2) is 30.9 Å². The van der Waals surface area contributed by atoms with Crippen LogP contribution in [-0.2, 0) is 15.3 Å². The molecule has 0 aliphatic heterocycles. The molecule has 3 nitrogen and oxygen atoms in total. The number of rotatable bonds is 8. The molecule has 0 amide bonds. The van der Waals surface area contributed by atoms with Gasteiger partial charge < -0.3 is 10.1 Å². The Morgan fingerprint density at radius 3 is 2.75 bits per heavy atom. The molecule has 1 unspecified atom stereocenters. The molecule has 0 aliphatic carbocycles. The molecule has 0 radical (unpaired) electrons. The Labute approximate surface area is 126 Å². The van der Waals surface area contributed by atoms with E-state index >= 15 is 0 Å². The van der Waals surface area contributed by atoms with E-state index in [0.717, 1.165) is 17.9 Å². The van der Waals surface area contributed by atoms with Gasteiger partial charge in [-0.3, -0.25) is 4.79 Å². The van der Waals surface area contributed by atoms with E-state index in [1.165, 1.54) is 18.2 Å². The SMILES string of the molecule is COC(=O)C(CCSCc1cccc(C)c1)NC(C)C. The fourth-order valence-corrected chi connectivity index (χ4v) is 2.97. The highest BCUT2D eigenvalue weighted by Gasteiger charge is 2.19. The Bertz CT molecular complexity index is 421. The van der Waals surface area contributed by atoms with Gasteiger partial charge in [-0.2, -0.15) is 11.8 Å². The molecule has 1 N–H and O–H groups in total. The summed E-state index contributed by atoms with van der Waals surface area (Å²) in [6, 6.07) is 8.61. The van der Waals surface area contributed by atoms with Crippen molar-refractivity contribution < 1.29 is 9.53 Å². The minimum absolute atomic E-state index is 0.171. The summed E-state index contributed by atoms with van der Waals surface area (Å²) in [7, 11) is 1.44. The normalized spacial score (nSPS) is 12.4. The van der Waals surface area contributed by atoms with Crippen LogP contribution < -0.4 is 5.32 Å². The molecule has 1 rings (SSSR count). The zero-order valence-corrected chi connectivity index (χ0v) is 13.6. The molecule has 0 bridgehead atoms. The molecule has 1 aromatic carbocycles. The number of ether oxygens (including phenoxy) is 1. The number of methoxy groups -OCH3 is 1. The van der Waals surface area contributed by atoms with Gasteiger partial charge in [-0.1, -0.05) is 43.7 Å². The van der Waals surface area contributed by atoms with Gasteiger partial charge in [-0.25, -0.2) is 0 Å². The monoisotopic (exact) mass is 295 g/mol. The lowest BCUT2D eigenvalue weighted by molar-refractivity contribution is -0.143. The lowest BCUT2D eigenvalue weighted by Gasteiger charge is -2.18. The molecular weight excluding hydrogens is 270 g/mol. The summed E-state index contributed by atoms with van der Waals surface area (Å²) in [5.41, 5.74) is 2.62. The van der Waals surface area contributed by atoms with Crippen molar-refractivity contribution in [2.45, 2.75) is 45.0 Å². The number of hydrogen-bond donors (Lipinski definition) is 1. The minimum Gasteiger partial charge on any atom is -0.468 e. The lowest BCUT2D eigenvalue weighted by Crippen LogP contribution is -2.41. The topological polar surface area (TPSA) is 38.3 Å². The fourth-order valence-electron chi connectivity index (χ4n) is 2.01.